The fraction of sp³-hybridized carbons (Fsp3) is 0.0476. The first kappa shape index (κ1) is 24.9. The summed E-state index contributed by atoms with van der Waals surface area (Å²) < 4.78 is 2.46. The molecule has 2 heterocycles. The van der Waals surface area contributed by atoms with E-state index in [1.165, 1.54) is 66.4 Å². The smallest absolute Gasteiger partial charge is 0.0650 e. The number of hydrogen-bond acceptors (Lipinski definition) is 1. The minimum Gasteiger partial charge on any atom is -0.333 e. The van der Waals surface area contributed by atoms with Crippen molar-refractivity contribution in [2.24, 2.45) is 0 Å². The van der Waals surface area contributed by atoms with Crippen molar-refractivity contribution in [1.82, 2.24) is 4.57 Å². The van der Waals surface area contributed by atoms with Gasteiger partial charge >= 0.3 is 0 Å². The van der Waals surface area contributed by atoms with Gasteiger partial charge in [0.05, 0.1) is 16.9 Å². The average molecular weight is 563 g/mol. The van der Waals surface area contributed by atoms with E-state index in [1.54, 1.807) is 0 Å². The molecule has 0 N–H and O–H groups in total. The lowest BCUT2D eigenvalue weighted by molar-refractivity contribution is 0.796. The third-order valence-electron chi connectivity index (χ3n) is 9.31. The fourth-order valence-corrected chi connectivity index (χ4v) is 7.32. The first-order valence-corrected chi connectivity index (χ1v) is 15.4. The van der Waals surface area contributed by atoms with Crippen LogP contribution in [-0.2, 0) is 0 Å². The predicted molar refractivity (Wildman–Crippen MR) is 184 cm³/mol. The van der Waals surface area contributed by atoms with Crippen LogP contribution in [0, 0.1) is 0 Å². The Balaban J connectivity index is 1.24. The summed E-state index contributed by atoms with van der Waals surface area (Å²) >= 11 is 0. The van der Waals surface area contributed by atoms with Crippen molar-refractivity contribution in [3.63, 3.8) is 0 Å². The molecule has 44 heavy (non-hydrogen) atoms. The summed E-state index contributed by atoms with van der Waals surface area (Å²) in [5, 5.41) is 3.88. The average Bonchev–Trinajstić information content (AvgIpc) is 3.60. The lowest BCUT2D eigenvalue weighted by Crippen LogP contribution is -2.40. The number of aromatic nitrogens is 1. The highest BCUT2D eigenvalue weighted by atomic mass is 15.2. The molecule has 1 aromatic heterocycles. The van der Waals surface area contributed by atoms with Crippen molar-refractivity contribution in [1.29, 1.82) is 0 Å². The summed E-state index contributed by atoms with van der Waals surface area (Å²) in [6.45, 7) is 0. The second-order valence-electron chi connectivity index (χ2n) is 11.8. The highest BCUT2D eigenvalue weighted by Gasteiger charge is 2.38. The van der Waals surface area contributed by atoms with E-state index in [0.717, 1.165) is 0 Å². The van der Waals surface area contributed by atoms with Crippen molar-refractivity contribution in [3.05, 3.63) is 174 Å². The Morgan fingerprint density at radius 1 is 0.455 bits per heavy atom. The van der Waals surface area contributed by atoms with E-state index in [-0.39, 0.29) is 12.0 Å². The standard InChI is InChI=1S/C42H30N2/c1-3-12-29(13-4-1)31-22-24-33(25-23-31)43-39-20-9-7-18-35(39)37-27-38-36-19-8-10-21-40(36)44(42(38)28-41(37)43)34-17-11-16-32(26-34)30-14-5-2-6-15-30/h1-28,37,41H. The second-order valence-corrected chi connectivity index (χ2v) is 11.8. The molecular weight excluding hydrogens is 532 g/mol. The molecule has 0 saturated carbocycles. The quantitative estimate of drug-likeness (QED) is 0.208. The maximum atomic E-state index is 2.54. The van der Waals surface area contributed by atoms with Crippen LogP contribution in [0.5, 0.6) is 0 Å². The number of anilines is 2. The summed E-state index contributed by atoms with van der Waals surface area (Å²) in [5.74, 6) is 0.266. The van der Waals surface area contributed by atoms with E-state index in [1.807, 2.05) is 0 Å². The molecule has 2 nitrogen and oxygen atoms in total. The molecule has 2 aliphatic rings. The summed E-state index contributed by atoms with van der Waals surface area (Å²) in [6.07, 6.45) is 5.04. The normalized spacial score (nSPS) is 16.5. The molecule has 208 valence electrons. The van der Waals surface area contributed by atoms with Crippen LogP contribution in [0.4, 0.5) is 11.4 Å². The third kappa shape index (κ3) is 3.88. The van der Waals surface area contributed by atoms with Crippen LogP contribution in [-0.4, -0.2) is 10.6 Å². The Hall–Kier alpha value is -5.60. The maximum Gasteiger partial charge on any atom is 0.0650 e. The second kappa shape index (κ2) is 10.00. The van der Waals surface area contributed by atoms with Crippen molar-refractivity contribution in [2.45, 2.75) is 12.0 Å². The zero-order valence-electron chi connectivity index (χ0n) is 24.2. The van der Waals surface area contributed by atoms with Crippen LogP contribution in [0.25, 0.3) is 51.0 Å². The molecule has 1 aliphatic heterocycles. The molecule has 0 amide bonds. The van der Waals surface area contributed by atoms with E-state index < -0.39 is 0 Å². The molecule has 0 radical (unpaired) electrons. The molecule has 0 bridgehead atoms. The summed E-state index contributed by atoms with van der Waals surface area (Å²) in [4.78, 5) is 2.54. The number of benzene rings is 6. The number of hydrogen-bond donors (Lipinski definition) is 0. The van der Waals surface area contributed by atoms with Crippen molar-refractivity contribution >= 4 is 34.4 Å². The number of fused-ring (bicyclic) bond motifs is 6. The van der Waals surface area contributed by atoms with Gasteiger partial charge in [-0.15, -0.1) is 0 Å². The van der Waals surface area contributed by atoms with Crippen molar-refractivity contribution < 1.29 is 0 Å². The van der Waals surface area contributed by atoms with Gasteiger partial charge in [0, 0.05) is 33.6 Å². The van der Waals surface area contributed by atoms with Gasteiger partial charge in [-0.2, -0.15) is 0 Å². The van der Waals surface area contributed by atoms with Crippen molar-refractivity contribution in [3.8, 4) is 27.9 Å². The molecule has 0 saturated heterocycles. The molecule has 0 spiro atoms. The Kier molecular flexibility index (Phi) is 5.67. The van der Waals surface area contributed by atoms with Gasteiger partial charge in [-0.05, 0) is 70.3 Å². The number of para-hydroxylation sites is 2. The van der Waals surface area contributed by atoms with Gasteiger partial charge in [0.15, 0.2) is 0 Å². The highest BCUT2D eigenvalue weighted by Crippen LogP contribution is 2.47. The van der Waals surface area contributed by atoms with Crippen molar-refractivity contribution in [2.75, 3.05) is 4.90 Å². The van der Waals surface area contributed by atoms with E-state index in [2.05, 4.69) is 179 Å². The Morgan fingerprint density at radius 3 is 1.89 bits per heavy atom. The molecule has 0 fully saturated rings. The minimum atomic E-state index is 0.169. The van der Waals surface area contributed by atoms with Crippen LogP contribution in [0.1, 0.15) is 11.5 Å². The first-order valence-electron chi connectivity index (χ1n) is 15.4. The van der Waals surface area contributed by atoms with E-state index in [9.17, 15) is 0 Å². The Morgan fingerprint density at radius 2 is 1.09 bits per heavy atom. The van der Waals surface area contributed by atoms with Gasteiger partial charge in [-0.25, -0.2) is 0 Å². The first-order chi connectivity index (χ1) is 21.8. The lowest BCUT2D eigenvalue weighted by atomic mass is 9.90. The zero-order valence-corrected chi connectivity index (χ0v) is 24.2. The third-order valence-corrected chi connectivity index (χ3v) is 9.31. The van der Waals surface area contributed by atoms with Crippen LogP contribution in [0.2, 0.25) is 0 Å². The molecule has 6 aromatic carbocycles. The molecule has 2 unspecified atom stereocenters. The van der Waals surface area contributed by atoms with Gasteiger partial charge < -0.3 is 9.47 Å². The molecular formula is C42H30N2. The molecule has 7 aromatic rings. The fourth-order valence-electron chi connectivity index (χ4n) is 7.32. The molecule has 2 heteroatoms. The molecule has 1 aliphatic carbocycles. The largest absolute Gasteiger partial charge is 0.333 e. The van der Waals surface area contributed by atoms with Gasteiger partial charge in [-0.1, -0.05) is 127 Å². The van der Waals surface area contributed by atoms with Crippen LogP contribution in [0.15, 0.2) is 158 Å². The van der Waals surface area contributed by atoms with E-state index in [0.29, 0.717) is 0 Å². The lowest BCUT2D eigenvalue weighted by Gasteiger charge is -2.29. The van der Waals surface area contributed by atoms with Gasteiger partial charge in [-0.3, -0.25) is 0 Å². The predicted octanol–water partition coefficient (Wildman–Crippen LogP) is 8.84. The van der Waals surface area contributed by atoms with Gasteiger partial charge in [0.1, 0.15) is 0 Å². The number of nitrogens with zero attached hydrogens (tertiary/aromatic N) is 2. The topological polar surface area (TPSA) is 8.17 Å². The van der Waals surface area contributed by atoms with Gasteiger partial charge in [0.2, 0.25) is 0 Å². The van der Waals surface area contributed by atoms with E-state index in [4.69, 9.17) is 0 Å². The molecule has 9 rings (SSSR count). The van der Waals surface area contributed by atoms with Gasteiger partial charge in [0.25, 0.3) is 0 Å². The SMILES string of the molecule is C1=c2c(n(-c3cccc(-c4ccccc4)c3)c3ccccc23)=CC2C1c1ccccc1N2c1ccc(-c2ccccc2)cc1. The number of rotatable bonds is 4. The van der Waals surface area contributed by atoms with E-state index >= 15 is 0 Å². The Labute approximate surface area is 257 Å². The monoisotopic (exact) mass is 562 g/mol. The summed E-state index contributed by atoms with van der Waals surface area (Å²) in [5.41, 5.74) is 11.2. The van der Waals surface area contributed by atoms with Crippen LogP contribution >= 0.6 is 0 Å². The maximum absolute atomic E-state index is 2.54. The van der Waals surface area contributed by atoms with Crippen LogP contribution in [0.3, 0.4) is 0 Å². The summed E-state index contributed by atoms with van der Waals surface area (Å²) in [7, 11) is 0. The Bertz CT molecular complexity index is 2280. The zero-order chi connectivity index (χ0) is 29.0. The van der Waals surface area contributed by atoms with Crippen LogP contribution < -0.4 is 15.5 Å². The summed E-state index contributed by atoms with van der Waals surface area (Å²) in [6, 6.07) is 57.3. The minimum absolute atomic E-state index is 0.169. The highest BCUT2D eigenvalue weighted by molar-refractivity contribution is 5.88. The molecule has 2 atom stereocenters.